The highest BCUT2D eigenvalue weighted by Crippen LogP contribution is 2.13. The number of rotatable bonds is 3. The maximum atomic E-state index is 9.32. The van der Waals surface area contributed by atoms with Gasteiger partial charge in [0.1, 0.15) is 0 Å². The van der Waals surface area contributed by atoms with Crippen molar-refractivity contribution in [3.8, 4) is 0 Å². The third-order valence-corrected chi connectivity index (χ3v) is 1.81. The van der Waals surface area contributed by atoms with Crippen LogP contribution in [-0.2, 0) is 0 Å². The van der Waals surface area contributed by atoms with Crippen LogP contribution in [0.1, 0.15) is 34.1 Å². The highest BCUT2D eigenvalue weighted by molar-refractivity contribution is 5.25. The predicted molar refractivity (Wildman–Crippen MR) is 49.5 cm³/mol. The first-order valence-corrected chi connectivity index (χ1v) is 4.13. The quantitative estimate of drug-likeness (QED) is 0.620. The van der Waals surface area contributed by atoms with Crippen LogP contribution in [0.4, 0.5) is 0 Å². The summed E-state index contributed by atoms with van der Waals surface area (Å²) in [5.41, 5.74) is 2.31. The Morgan fingerprint density at radius 2 is 2.09 bits per heavy atom. The molecule has 0 aromatic carbocycles. The van der Waals surface area contributed by atoms with Gasteiger partial charge in [-0.3, -0.25) is 0 Å². The summed E-state index contributed by atoms with van der Waals surface area (Å²) in [6, 6.07) is 0. The number of aliphatic hydroxyl groups excluding tert-OH is 1. The monoisotopic (exact) mass is 154 g/mol. The molecule has 0 rings (SSSR count). The van der Waals surface area contributed by atoms with Crippen molar-refractivity contribution in [1.82, 2.24) is 0 Å². The van der Waals surface area contributed by atoms with Crippen molar-refractivity contribution in [3.05, 3.63) is 23.3 Å². The van der Waals surface area contributed by atoms with E-state index in [4.69, 9.17) is 0 Å². The molecule has 1 unspecified atom stereocenters. The van der Waals surface area contributed by atoms with Crippen molar-refractivity contribution in [1.29, 1.82) is 0 Å². The molecule has 11 heavy (non-hydrogen) atoms. The van der Waals surface area contributed by atoms with Crippen LogP contribution in [0, 0.1) is 0 Å². The first-order valence-electron chi connectivity index (χ1n) is 4.13. The van der Waals surface area contributed by atoms with E-state index in [0.29, 0.717) is 0 Å². The van der Waals surface area contributed by atoms with E-state index >= 15 is 0 Å². The summed E-state index contributed by atoms with van der Waals surface area (Å²) in [7, 11) is 0. The van der Waals surface area contributed by atoms with Gasteiger partial charge in [-0.25, -0.2) is 0 Å². The van der Waals surface area contributed by atoms with Gasteiger partial charge in [0.05, 0.1) is 6.10 Å². The molecule has 0 saturated heterocycles. The Balaban J connectivity index is 4.53. The SMILES string of the molecule is C/C=C\C(C)=C(/CC)C(C)O. The fraction of sp³-hybridized carbons (Fsp3) is 0.600. The lowest BCUT2D eigenvalue weighted by Crippen LogP contribution is -2.05. The van der Waals surface area contributed by atoms with Gasteiger partial charge in [0, 0.05) is 0 Å². The Bertz CT molecular complexity index is 164. The zero-order valence-electron chi connectivity index (χ0n) is 7.89. The molecule has 0 bridgehead atoms. The van der Waals surface area contributed by atoms with E-state index in [2.05, 4.69) is 6.92 Å². The number of hydrogen-bond donors (Lipinski definition) is 1. The van der Waals surface area contributed by atoms with Gasteiger partial charge in [-0.05, 0) is 38.3 Å². The predicted octanol–water partition coefficient (Wildman–Crippen LogP) is 2.67. The van der Waals surface area contributed by atoms with Crippen LogP contribution in [0.3, 0.4) is 0 Å². The summed E-state index contributed by atoms with van der Waals surface area (Å²) in [6.45, 7) is 7.89. The van der Waals surface area contributed by atoms with E-state index in [1.165, 1.54) is 5.57 Å². The fourth-order valence-electron chi connectivity index (χ4n) is 1.26. The van der Waals surface area contributed by atoms with E-state index in [0.717, 1.165) is 12.0 Å². The molecular weight excluding hydrogens is 136 g/mol. The van der Waals surface area contributed by atoms with E-state index in [9.17, 15) is 5.11 Å². The van der Waals surface area contributed by atoms with Gasteiger partial charge in [-0.15, -0.1) is 0 Å². The lowest BCUT2D eigenvalue weighted by atomic mass is 10.0. The minimum atomic E-state index is -0.309. The second-order valence-corrected chi connectivity index (χ2v) is 2.74. The summed E-state index contributed by atoms with van der Waals surface area (Å²) >= 11 is 0. The van der Waals surface area contributed by atoms with Crippen molar-refractivity contribution < 1.29 is 5.11 Å². The molecule has 0 aromatic rings. The molecule has 1 N–H and O–H groups in total. The van der Waals surface area contributed by atoms with Gasteiger partial charge in [0.25, 0.3) is 0 Å². The molecule has 0 radical (unpaired) electrons. The van der Waals surface area contributed by atoms with E-state index in [1.807, 2.05) is 32.9 Å². The molecule has 1 nitrogen and oxygen atoms in total. The van der Waals surface area contributed by atoms with Gasteiger partial charge < -0.3 is 5.11 Å². The molecule has 64 valence electrons. The number of hydrogen-bond acceptors (Lipinski definition) is 1. The van der Waals surface area contributed by atoms with Crippen LogP contribution in [0.25, 0.3) is 0 Å². The molecule has 0 amide bonds. The largest absolute Gasteiger partial charge is 0.389 e. The first kappa shape index (κ1) is 10.4. The molecule has 0 heterocycles. The maximum Gasteiger partial charge on any atom is 0.0727 e. The summed E-state index contributed by atoms with van der Waals surface area (Å²) in [5, 5.41) is 9.32. The maximum absolute atomic E-state index is 9.32. The second kappa shape index (κ2) is 5.14. The van der Waals surface area contributed by atoms with E-state index in [-0.39, 0.29) is 6.10 Å². The Morgan fingerprint density at radius 3 is 2.36 bits per heavy atom. The second-order valence-electron chi connectivity index (χ2n) is 2.74. The smallest absolute Gasteiger partial charge is 0.0727 e. The Labute approximate surface area is 69.4 Å². The molecule has 0 aromatic heterocycles. The minimum Gasteiger partial charge on any atom is -0.389 e. The molecule has 0 aliphatic rings. The van der Waals surface area contributed by atoms with Gasteiger partial charge in [-0.2, -0.15) is 0 Å². The van der Waals surface area contributed by atoms with Crippen molar-refractivity contribution in [2.24, 2.45) is 0 Å². The van der Waals surface area contributed by atoms with Gasteiger partial charge >= 0.3 is 0 Å². The molecular formula is C10H18O. The molecule has 1 atom stereocenters. The normalized spacial score (nSPS) is 16.8. The van der Waals surface area contributed by atoms with Crippen LogP contribution in [0.5, 0.6) is 0 Å². The van der Waals surface area contributed by atoms with Gasteiger partial charge in [0.2, 0.25) is 0 Å². The highest BCUT2D eigenvalue weighted by Gasteiger charge is 2.03. The lowest BCUT2D eigenvalue weighted by molar-refractivity contribution is 0.227. The Morgan fingerprint density at radius 1 is 1.55 bits per heavy atom. The lowest BCUT2D eigenvalue weighted by Gasteiger charge is -2.10. The molecule has 0 spiro atoms. The average Bonchev–Trinajstić information content (AvgIpc) is 1.88. The summed E-state index contributed by atoms with van der Waals surface area (Å²) in [5.74, 6) is 0. The van der Waals surface area contributed by atoms with E-state index < -0.39 is 0 Å². The number of allylic oxidation sites excluding steroid dienone is 3. The summed E-state index contributed by atoms with van der Waals surface area (Å²) in [6.07, 6.45) is 4.64. The van der Waals surface area contributed by atoms with Crippen LogP contribution in [0.15, 0.2) is 23.3 Å². The van der Waals surface area contributed by atoms with Crippen molar-refractivity contribution in [2.75, 3.05) is 0 Å². The number of aliphatic hydroxyl groups is 1. The van der Waals surface area contributed by atoms with Crippen molar-refractivity contribution in [2.45, 2.75) is 40.2 Å². The third kappa shape index (κ3) is 3.38. The minimum absolute atomic E-state index is 0.309. The molecule has 0 fully saturated rings. The van der Waals surface area contributed by atoms with Crippen molar-refractivity contribution in [3.63, 3.8) is 0 Å². The summed E-state index contributed by atoms with van der Waals surface area (Å²) < 4.78 is 0. The van der Waals surface area contributed by atoms with Crippen LogP contribution in [-0.4, -0.2) is 11.2 Å². The fourth-order valence-corrected chi connectivity index (χ4v) is 1.26. The van der Waals surface area contributed by atoms with Crippen molar-refractivity contribution >= 4 is 0 Å². The standard InChI is InChI=1S/C10H18O/c1-5-7-8(3)10(6-2)9(4)11/h5,7,9,11H,6H2,1-4H3/b7-5-,10-8+. The molecule has 0 aliphatic carbocycles. The van der Waals surface area contributed by atoms with Crippen LogP contribution >= 0.6 is 0 Å². The first-order chi connectivity index (χ1) is 5.13. The van der Waals surface area contributed by atoms with Crippen LogP contribution in [0.2, 0.25) is 0 Å². The molecule has 1 heteroatoms. The average molecular weight is 154 g/mol. The Hall–Kier alpha value is -0.560. The topological polar surface area (TPSA) is 20.2 Å². The van der Waals surface area contributed by atoms with Crippen LogP contribution < -0.4 is 0 Å². The zero-order chi connectivity index (χ0) is 8.85. The summed E-state index contributed by atoms with van der Waals surface area (Å²) in [4.78, 5) is 0. The third-order valence-electron chi connectivity index (χ3n) is 1.81. The molecule has 0 aliphatic heterocycles. The van der Waals surface area contributed by atoms with Gasteiger partial charge in [0.15, 0.2) is 0 Å². The highest BCUT2D eigenvalue weighted by atomic mass is 16.3. The molecule has 0 saturated carbocycles. The van der Waals surface area contributed by atoms with E-state index in [1.54, 1.807) is 0 Å². The van der Waals surface area contributed by atoms with Gasteiger partial charge in [-0.1, -0.05) is 19.1 Å². The Kier molecular flexibility index (Phi) is 4.88. The zero-order valence-corrected chi connectivity index (χ0v) is 7.89.